The van der Waals surface area contributed by atoms with Crippen molar-refractivity contribution in [3.63, 3.8) is 0 Å². The average Bonchev–Trinajstić information content (AvgIpc) is 2.69. The molecule has 1 aliphatic heterocycles. The number of benzene rings is 1. The number of halogens is 2. The van der Waals surface area contributed by atoms with Crippen molar-refractivity contribution in [2.45, 2.75) is 25.7 Å². The van der Waals surface area contributed by atoms with E-state index in [9.17, 15) is 14.5 Å². The maximum absolute atomic E-state index is 13.3. The van der Waals surface area contributed by atoms with Crippen LogP contribution in [-0.2, 0) is 9.47 Å². The Bertz CT molecular complexity index is 538. The Labute approximate surface area is 120 Å². The third kappa shape index (κ3) is 3.36. The Hall–Kier alpha value is -1.44. The van der Waals surface area contributed by atoms with Gasteiger partial charge in [-0.1, -0.05) is 11.6 Å². The molecule has 1 N–H and O–H groups in total. The van der Waals surface area contributed by atoms with Gasteiger partial charge >= 0.3 is 0 Å². The summed E-state index contributed by atoms with van der Waals surface area (Å²) in [6.07, 6.45) is -0.242. The molecule has 1 aromatic rings. The van der Waals surface area contributed by atoms with E-state index in [0.29, 0.717) is 13.2 Å². The van der Waals surface area contributed by atoms with Gasteiger partial charge in [-0.15, -0.1) is 0 Å². The van der Waals surface area contributed by atoms with Crippen LogP contribution in [-0.4, -0.2) is 30.0 Å². The molecule has 1 atom stereocenters. The van der Waals surface area contributed by atoms with E-state index in [1.54, 1.807) is 13.8 Å². The molecule has 0 bridgehead atoms. The highest BCUT2D eigenvalue weighted by Gasteiger charge is 2.32. The Morgan fingerprint density at radius 3 is 2.85 bits per heavy atom. The van der Waals surface area contributed by atoms with Gasteiger partial charge in [-0.3, -0.25) is 10.1 Å². The van der Waals surface area contributed by atoms with Gasteiger partial charge in [-0.05, 0) is 19.9 Å². The molecule has 0 amide bonds. The predicted molar refractivity (Wildman–Crippen MR) is 71.5 cm³/mol. The van der Waals surface area contributed by atoms with Crippen LogP contribution in [0.4, 0.5) is 15.8 Å². The number of nitrogens with one attached hydrogen (secondary N) is 1. The summed E-state index contributed by atoms with van der Waals surface area (Å²) >= 11 is 5.64. The third-order valence-corrected chi connectivity index (χ3v) is 3.11. The molecule has 0 saturated carbocycles. The molecule has 1 aliphatic rings. The molecule has 1 fully saturated rings. The highest BCUT2D eigenvalue weighted by Crippen LogP contribution is 2.31. The molecule has 1 heterocycles. The largest absolute Gasteiger partial charge is 0.377 e. The third-order valence-electron chi connectivity index (χ3n) is 2.82. The van der Waals surface area contributed by atoms with Gasteiger partial charge in [0.05, 0.1) is 22.6 Å². The molecule has 8 heteroatoms. The van der Waals surface area contributed by atoms with Crippen molar-refractivity contribution >= 4 is 23.0 Å². The number of nitro groups is 1. The summed E-state index contributed by atoms with van der Waals surface area (Å²) in [6.45, 7) is 4.24. The fourth-order valence-electron chi connectivity index (χ4n) is 1.92. The first kappa shape index (κ1) is 15.0. The molecule has 0 aromatic heterocycles. The zero-order valence-corrected chi connectivity index (χ0v) is 11.7. The fraction of sp³-hybridized carbons (Fsp3) is 0.500. The van der Waals surface area contributed by atoms with E-state index < -0.39 is 16.5 Å². The SMILES string of the molecule is CC1(C)OCC(CNc2cc(Cl)c(F)cc2[N+](=O)[O-])O1. The average molecular weight is 305 g/mol. The van der Waals surface area contributed by atoms with Gasteiger partial charge in [0.1, 0.15) is 17.6 Å². The minimum Gasteiger partial charge on any atom is -0.377 e. The Kier molecular flexibility index (Phi) is 4.12. The molecule has 6 nitrogen and oxygen atoms in total. The standard InChI is InChI=1S/C12H14ClFN2O4/c1-12(2)19-6-7(20-12)5-15-10-3-8(13)9(14)4-11(10)16(17)18/h3-4,7,15H,5-6H2,1-2H3. The van der Waals surface area contributed by atoms with E-state index >= 15 is 0 Å². The zero-order valence-electron chi connectivity index (χ0n) is 11.0. The smallest absolute Gasteiger partial charge is 0.295 e. The second-order valence-corrected chi connectivity index (χ2v) is 5.28. The highest BCUT2D eigenvalue weighted by atomic mass is 35.5. The van der Waals surface area contributed by atoms with Gasteiger partial charge in [0.25, 0.3) is 5.69 Å². The van der Waals surface area contributed by atoms with Gasteiger partial charge in [0.2, 0.25) is 0 Å². The second kappa shape index (κ2) is 5.51. The van der Waals surface area contributed by atoms with E-state index in [1.807, 2.05) is 0 Å². The summed E-state index contributed by atoms with van der Waals surface area (Å²) in [7, 11) is 0. The van der Waals surface area contributed by atoms with Crippen molar-refractivity contribution < 1.29 is 18.8 Å². The summed E-state index contributed by atoms with van der Waals surface area (Å²) in [4.78, 5) is 10.2. The lowest BCUT2D eigenvalue weighted by atomic mass is 10.2. The predicted octanol–water partition coefficient (Wildman–Crippen LogP) is 2.95. The highest BCUT2D eigenvalue weighted by molar-refractivity contribution is 6.31. The van der Waals surface area contributed by atoms with Crippen LogP contribution in [0.5, 0.6) is 0 Å². The van der Waals surface area contributed by atoms with Crippen LogP contribution >= 0.6 is 11.6 Å². The number of nitrogens with zero attached hydrogens (tertiary/aromatic N) is 1. The quantitative estimate of drug-likeness (QED) is 0.684. The Morgan fingerprint density at radius 1 is 1.60 bits per heavy atom. The van der Waals surface area contributed by atoms with Crippen molar-refractivity contribution in [3.05, 3.63) is 33.1 Å². The Morgan fingerprint density at radius 2 is 2.30 bits per heavy atom. The van der Waals surface area contributed by atoms with Crippen LogP contribution in [0.3, 0.4) is 0 Å². The maximum Gasteiger partial charge on any atom is 0.295 e. The van der Waals surface area contributed by atoms with E-state index in [0.717, 1.165) is 6.07 Å². The van der Waals surface area contributed by atoms with Crippen LogP contribution in [0, 0.1) is 15.9 Å². The van der Waals surface area contributed by atoms with Crippen molar-refractivity contribution in [2.75, 3.05) is 18.5 Å². The first-order valence-electron chi connectivity index (χ1n) is 5.97. The van der Waals surface area contributed by atoms with Crippen molar-refractivity contribution in [1.82, 2.24) is 0 Å². The summed E-state index contributed by atoms with van der Waals surface area (Å²) in [5, 5.41) is 13.6. The zero-order chi connectivity index (χ0) is 14.9. The van der Waals surface area contributed by atoms with Gasteiger partial charge in [-0.2, -0.15) is 0 Å². The Balaban J connectivity index is 2.09. The van der Waals surface area contributed by atoms with Crippen LogP contribution in [0.1, 0.15) is 13.8 Å². The van der Waals surface area contributed by atoms with E-state index in [2.05, 4.69) is 5.32 Å². The van der Waals surface area contributed by atoms with Crippen LogP contribution in [0.15, 0.2) is 12.1 Å². The minimum absolute atomic E-state index is 0.148. The van der Waals surface area contributed by atoms with Crippen molar-refractivity contribution in [1.29, 1.82) is 0 Å². The molecule has 0 spiro atoms. The second-order valence-electron chi connectivity index (χ2n) is 4.87. The van der Waals surface area contributed by atoms with Crippen molar-refractivity contribution in [2.24, 2.45) is 0 Å². The van der Waals surface area contributed by atoms with Gasteiger partial charge < -0.3 is 14.8 Å². The van der Waals surface area contributed by atoms with Gasteiger partial charge in [-0.25, -0.2) is 4.39 Å². The normalized spacial score (nSPS) is 20.9. The molecule has 20 heavy (non-hydrogen) atoms. The van der Waals surface area contributed by atoms with Crippen molar-refractivity contribution in [3.8, 4) is 0 Å². The molecule has 0 aliphatic carbocycles. The topological polar surface area (TPSA) is 73.6 Å². The summed E-state index contributed by atoms with van der Waals surface area (Å²) in [5.41, 5.74) is -0.222. The molecule has 1 unspecified atom stereocenters. The molecular formula is C12H14ClFN2O4. The summed E-state index contributed by atoms with van der Waals surface area (Å²) in [6, 6.07) is 1.98. The number of anilines is 1. The first-order valence-corrected chi connectivity index (χ1v) is 6.35. The van der Waals surface area contributed by atoms with Crippen LogP contribution in [0.2, 0.25) is 5.02 Å². The number of hydrogen-bond acceptors (Lipinski definition) is 5. The van der Waals surface area contributed by atoms with Gasteiger partial charge in [0.15, 0.2) is 5.79 Å². The molecule has 0 radical (unpaired) electrons. The number of rotatable bonds is 4. The van der Waals surface area contributed by atoms with E-state index in [4.69, 9.17) is 21.1 Å². The van der Waals surface area contributed by atoms with Crippen LogP contribution in [0.25, 0.3) is 0 Å². The molecular weight excluding hydrogens is 291 g/mol. The lowest BCUT2D eigenvalue weighted by Crippen LogP contribution is -2.26. The minimum atomic E-state index is -0.828. The van der Waals surface area contributed by atoms with E-state index in [-0.39, 0.29) is 22.5 Å². The maximum atomic E-state index is 13.3. The number of nitro benzene ring substituents is 1. The number of ether oxygens (including phenoxy) is 2. The molecule has 1 saturated heterocycles. The van der Waals surface area contributed by atoms with Gasteiger partial charge in [0, 0.05) is 6.54 Å². The summed E-state index contributed by atoms with van der Waals surface area (Å²) < 4.78 is 24.2. The van der Waals surface area contributed by atoms with Crippen LogP contribution < -0.4 is 5.32 Å². The summed E-state index contributed by atoms with van der Waals surface area (Å²) in [5.74, 6) is -1.50. The lowest BCUT2D eigenvalue weighted by Gasteiger charge is -2.17. The molecule has 2 rings (SSSR count). The number of hydrogen-bond donors (Lipinski definition) is 1. The first-order chi connectivity index (χ1) is 9.28. The lowest BCUT2D eigenvalue weighted by molar-refractivity contribution is -0.384. The fourth-order valence-corrected chi connectivity index (χ4v) is 2.08. The van der Waals surface area contributed by atoms with E-state index in [1.165, 1.54) is 6.07 Å². The molecule has 1 aromatic carbocycles. The monoisotopic (exact) mass is 304 g/mol. The molecule has 110 valence electrons.